The number of halogens is 2. The van der Waals surface area contributed by atoms with Gasteiger partial charge in [-0.05, 0) is 55.3 Å². The Morgan fingerprint density at radius 1 is 1.30 bits per heavy atom. The van der Waals surface area contributed by atoms with Crippen molar-refractivity contribution < 1.29 is 4.39 Å². The summed E-state index contributed by atoms with van der Waals surface area (Å²) in [5.41, 5.74) is 2.83. The Morgan fingerprint density at radius 2 is 2.10 bits per heavy atom. The molecule has 1 atom stereocenters. The number of aromatic nitrogens is 1. The molecule has 0 saturated heterocycles. The predicted molar refractivity (Wildman–Crippen MR) is 83.2 cm³/mol. The molecular formula is C16H18BrFN2. The van der Waals surface area contributed by atoms with E-state index in [1.165, 1.54) is 6.07 Å². The van der Waals surface area contributed by atoms with Crippen LogP contribution >= 0.6 is 15.9 Å². The normalized spacial score (nSPS) is 12.4. The molecule has 1 N–H and O–H groups in total. The minimum atomic E-state index is -0.173. The summed E-state index contributed by atoms with van der Waals surface area (Å²) in [5.74, 6) is -0.173. The highest BCUT2D eigenvalue weighted by molar-refractivity contribution is 9.10. The molecule has 2 nitrogen and oxygen atoms in total. The van der Waals surface area contributed by atoms with Crippen LogP contribution in [0.1, 0.15) is 29.8 Å². The van der Waals surface area contributed by atoms with Gasteiger partial charge in [-0.25, -0.2) is 4.39 Å². The third kappa shape index (κ3) is 3.87. The van der Waals surface area contributed by atoms with E-state index in [1.54, 1.807) is 6.20 Å². The SMILES string of the molecule is CCNC(Cc1ccc(Br)cc1F)c1ccnc(C)c1. The lowest BCUT2D eigenvalue weighted by Gasteiger charge is -2.19. The lowest BCUT2D eigenvalue weighted by molar-refractivity contribution is 0.527. The molecule has 0 aliphatic rings. The highest BCUT2D eigenvalue weighted by Crippen LogP contribution is 2.22. The number of pyridine rings is 1. The Bertz CT molecular complexity index is 586. The Labute approximate surface area is 127 Å². The summed E-state index contributed by atoms with van der Waals surface area (Å²) < 4.78 is 14.7. The van der Waals surface area contributed by atoms with Gasteiger partial charge in [-0.1, -0.05) is 28.9 Å². The molecular weight excluding hydrogens is 319 g/mol. The first kappa shape index (κ1) is 15.1. The summed E-state index contributed by atoms with van der Waals surface area (Å²) in [4.78, 5) is 4.21. The Balaban J connectivity index is 2.25. The van der Waals surface area contributed by atoms with Crippen LogP contribution in [0.25, 0.3) is 0 Å². The van der Waals surface area contributed by atoms with Crippen LogP contribution in [-0.4, -0.2) is 11.5 Å². The molecule has 0 bridgehead atoms. The second-order valence-corrected chi connectivity index (χ2v) is 5.70. The van der Waals surface area contributed by atoms with Crippen LogP contribution in [0, 0.1) is 12.7 Å². The smallest absolute Gasteiger partial charge is 0.127 e. The van der Waals surface area contributed by atoms with Crippen LogP contribution in [0.4, 0.5) is 4.39 Å². The molecule has 0 amide bonds. The monoisotopic (exact) mass is 336 g/mol. The third-order valence-corrected chi connectivity index (χ3v) is 3.71. The fraction of sp³-hybridized carbons (Fsp3) is 0.312. The number of likely N-dealkylation sites (N-methyl/N-ethyl adjacent to an activating group) is 1. The van der Waals surface area contributed by atoms with Gasteiger partial charge in [0.1, 0.15) is 5.82 Å². The van der Waals surface area contributed by atoms with Gasteiger partial charge in [0.25, 0.3) is 0 Å². The number of aryl methyl sites for hydroxylation is 1. The molecule has 106 valence electrons. The van der Waals surface area contributed by atoms with Gasteiger partial charge < -0.3 is 5.32 Å². The van der Waals surface area contributed by atoms with Crippen molar-refractivity contribution in [2.24, 2.45) is 0 Å². The van der Waals surface area contributed by atoms with Crippen molar-refractivity contribution in [1.29, 1.82) is 0 Å². The minimum absolute atomic E-state index is 0.0948. The summed E-state index contributed by atoms with van der Waals surface area (Å²) in [6, 6.07) is 9.34. The molecule has 4 heteroatoms. The van der Waals surface area contributed by atoms with E-state index in [0.29, 0.717) is 12.0 Å². The van der Waals surface area contributed by atoms with E-state index in [9.17, 15) is 4.39 Å². The van der Waals surface area contributed by atoms with Gasteiger partial charge in [-0.3, -0.25) is 4.98 Å². The maximum atomic E-state index is 14.0. The van der Waals surface area contributed by atoms with Crippen molar-refractivity contribution >= 4 is 15.9 Å². The zero-order chi connectivity index (χ0) is 14.5. The van der Waals surface area contributed by atoms with E-state index in [1.807, 2.05) is 31.2 Å². The van der Waals surface area contributed by atoms with Crippen molar-refractivity contribution in [2.75, 3.05) is 6.54 Å². The van der Waals surface area contributed by atoms with E-state index in [4.69, 9.17) is 0 Å². The Morgan fingerprint density at radius 3 is 2.75 bits per heavy atom. The molecule has 0 aliphatic carbocycles. The summed E-state index contributed by atoms with van der Waals surface area (Å²) >= 11 is 3.28. The van der Waals surface area contributed by atoms with Gasteiger partial charge in [-0.2, -0.15) is 0 Å². The number of hydrogen-bond acceptors (Lipinski definition) is 2. The molecule has 20 heavy (non-hydrogen) atoms. The number of hydrogen-bond donors (Lipinski definition) is 1. The molecule has 0 fully saturated rings. The van der Waals surface area contributed by atoms with Gasteiger partial charge in [0.2, 0.25) is 0 Å². The molecule has 0 saturated carbocycles. The number of nitrogens with one attached hydrogen (secondary N) is 1. The molecule has 1 unspecified atom stereocenters. The molecule has 0 radical (unpaired) electrons. The third-order valence-electron chi connectivity index (χ3n) is 3.21. The van der Waals surface area contributed by atoms with Crippen molar-refractivity contribution in [3.8, 4) is 0 Å². The zero-order valence-corrected chi connectivity index (χ0v) is 13.2. The second-order valence-electron chi connectivity index (χ2n) is 4.78. The maximum absolute atomic E-state index is 14.0. The van der Waals surface area contributed by atoms with Crippen LogP contribution in [0.3, 0.4) is 0 Å². The average Bonchev–Trinajstić information content (AvgIpc) is 2.41. The fourth-order valence-electron chi connectivity index (χ4n) is 2.25. The number of rotatable bonds is 5. The fourth-order valence-corrected chi connectivity index (χ4v) is 2.58. The second kappa shape index (κ2) is 6.95. The largest absolute Gasteiger partial charge is 0.310 e. The topological polar surface area (TPSA) is 24.9 Å². The molecule has 1 aromatic carbocycles. The van der Waals surface area contributed by atoms with Crippen molar-refractivity contribution in [2.45, 2.75) is 26.3 Å². The first-order chi connectivity index (χ1) is 9.60. The summed E-state index contributed by atoms with van der Waals surface area (Å²) in [5, 5.41) is 3.41. The summed E-state index contributed by atoms with van der Waals surface area (Å²) in [7, 11) is 0. The van der Waals surface area contributed by atoms with Crippen molar-refractivity contribution in [3.63, 3.8) is 0 Å². The predicted octanol–water partition coefficient (Wildman–Crippen LogP) is 4.18. The molecule has 1 heterocycles. The van der Waals surface area contributed by atoms with Gasteiger partial charge in [-0.15, -0.1) is 0 Å². The van der Waals surface area contributed by atoms with Gasteiger partial charge >= 0.3 is 0 Å². The number of nitrogens with zero attached hydrogens (tertiary/aromatic N) is 1. The quantitative estimate of drug-likeness (QED) is 0.885. The molecule has 0 aliphatic heterocycles. The van der Waals surface area contributed by atoms with Gasteiger partial charge in [0.15, 0.2) is 0 Å². The van der Waals surface area contributed by atoms with Crippen molar-refractivity contribution in [1.82, 2.24) is 10.3 Å². The number of benzene rings is 1. The minimum Gasteiger partial charge on any atom is -0.310 e. The first-order valence-electron chi connectivity index (χ1n) is 6.70. The molecule has 1 aromatic heterocycles. The zero-order valence-electron chi connectivity index (χ0n) is 11.7. The summed E-state index contributed by atoms with van der Waals surface area (Å²) in [6.07, 6.45) is 2.42. The van der Waals surface area contributed by atoms with Crippen LogP contribution in [0.2, 0.25) is 0 Å². The lowest BCUT2D eigenvalue weighted by Crippen LogP contribution is -2.23. The van der Waals surface area contributed by atoms with E-state index >= 15 is 0 Å². The first-order valence-corrected chi connectivity index (χ1v) is 7.49. The maximum Gasteiger partial charge on any atom is 0.127 e. The highest BCUT2D eigenvalue weighted by Gasteiger charge is 2.14. The average molecular weight is 337 g/mol. The van der Waals surface area contributed by atoms with Crippen LogP contribution in [0.15, 0.2) is 41.0 Å². The van der Waals surface area contributed by atoms with Crippen molar-refractivity contribution in [3.05, 3.63) is 63.6 Å². The van der Waals surface area contributed by atoms with E-state index in [2.05, 4.69) is 33.2 Å². The van der Waals surface area contributed by atoms with E-state index in [-0.39, 0.29) is 11.9 Å². The Kier molecular flexibility index (Phi) is 5.26. The summed E-state index contributed by atoms with van der Waals surface area (Å²) in [6.45, 7) is 4.86. The highest BCUT2D eigenvalue weighted by atomic mass is 79.9. The molecule has 0 spiro atoms. The lowest BCUT2D eigenvalue weighted by atomic mass is 9.98. The van der Waals surface area contributed by atoms with E-state index < -0.39 is 0 Å². The van der Waals surface area contributed by atoms with Crippen LogP contribution in [0.5, 0.6) is 0 Å². The Hall–Kier alpha value is -1.26. The van der Waals surface area contributed by atoms with E-state index in [0.717, 1.165) is 22.3 Å². The molecule has 2 rings (SSSR count). The molecule has 2 aromatic rings. The van der Waals surface area contributed by atoms with Crippen LogP contribution in [-0.2, 0) is 6.42 Å². The van der Waals surface area contributed by atoms with Gasteiger partial charge in [0.05, 0.1) is 0 Å². The standard InChI is InChI=1S/C16H18BrFN2/c1-3-19-16(13-6-7-20-11(2)8-13)9-12-4-5-14(17)10-15(12)18/h4-8,10,16,19H,3,9H2,1-2H3. The van der Waals surface area contributed by atoms with Gasteiger partial charge in [0, 0.05) is 22.4 Å². The van der Waals surface area contributed by atoms with Crippen LogP contribution < -0.4 is 5.32 Å².